The van der Waals surface area contributed by atoms with E-state index in [4.69, 9.17) is 0 Å². The van der Waals surface area contributed by atoms with Crippen molar-refractivity contribution in [3.05, 3.63) is 58.1 Å². The highest BCUT2D eigenvalue weighted by Gasteiger charge is 2.11. The van der Waals surface area contributed by atoms with Gasteiger partial charge in [-0.25, -0.2) is 5.43 Å². The Hall–Kier alpha value is -2.34. The third kappa shape index (κ3) is 5.10. The van der Waals surface area contributed by atoms with Gasteiger partial charge >= 0.3 is 0 Å². The minimum absolute atomic E-state index is 0.0945. The van der Waals surface area contributed by atoms with Crippen molar-refractivity contribution in [2.45, 2.75) is 19.9 Å². The van der Waals surface area contributed by atoms with Gasteiger partial charge in [0.05, 0.1) is 6.21 Å². The van der Waals surface area contributed by atoms with Gasteiger partial charge in [0.2, 0.25) is 0 Å². The Morgan fingerprint density at radius 2 is 1.96 bits per heavy atom. The molecule has 0 aliphatic rings. The number of aryl methyl sites for hydroxylation is 1. The molecule has 5 nitrogen and oxygen atoms in total. The number of halogens is 1. The van der Waals surface area contributed by atoms with Gasteiger partial charge in [-0.2, -0.15) is 5.10 Å². The van der Waals surface area contributed by atoms with Gasteiger partial charge in [0.25, 0.3) is 5.91 Å². The lowest BCUT2D eigenvalue weighted by Crippen LogP contribution is -2.34. The predicted octanol–water partition coefficient (Wildman–Crippen LogP) is 3.41. The third-order valence-corrected chi connectivity index (χ3v) is 3.69. The molecule has 0 fully saturated rings. The maximum atomic E-state index is 12.0. The predicted molar refractivity (Wildman–Crippen MR) is 95.8 cm³/mol. The summed E-state index contributed by atoms with van der Waals surface area (Å²) in [6.45, 7) is 3.76. The number of carbonyl (C=O) groups excluding carboxylic acids is 1. The lowest BCUT2D eigenvalue weighted by molar-refractivity contribution is -0.121. The van der Waals surface area contributed by atoms with Crippen LogP contribution in [0.1, 0.15) is 18.1 Å². The highest BCUT2D eigenvalue weighted by Crippen LogP contribution is 2.19. The maximum Gasteiger partial charge on any atom is 0.262 e. The van der Waals surface area contributed by atoms with Crippen molar-refractivity contribution in [3.63, 3.8) is 0 Å². The third-order valence-electron chi connectivity index (χ3n) is 3.20. The summed E-state index contributed by atoms with van der Waals surface area (Å²) in [4.78, 5) is 12.0. The molecule has 3 N–H and O–H groups in total. The monoisotopic (exact) mass is 375 g/mol. The lowest BCUT2D eigenvalue weighted by atomic mass is 10.2. The van der Waals surface area contributed by atoms with Gasteiger partial charge in [0.15, 0.2) is 0 Å². The number of benzene rings is 2. The number of phenolic OH excluding ortho intramolecular Hbond substituents is 1. The maximum absolute atomic E-state index is 12.0. The topological polar surface area (TPSA) is 73.7 Å². The number of amides is 1. The van der Waals surface area contributed by atoms with Gasteiger partial charge in [-0.15, -0.1) is 0 Å². The van der Waals surface area contributed by atoms with Crippen molar-refractivity contribution >= 4 is 33.7 Å². The van der Waals surface area contributed by atoms with Crippen LogP contribution in [0.5, 0.6) is 5.75 Å². The van der Waals surface area contributed by atoms with E-state index in [2.05, 4.69) is 31.8 Å². The summed E-state index contributed by atoms with van der Waals surface area (Å²) in [6, 6.07) is 12.3. The van der Waals surface area contributed by atoms with Crippen LogP contribution in [0.15, 0.2) is 52.0 Å². The zero-order chi connectivity index (χ0) is 16.8. The minimum atomic E-state index is -0.439. The fraction of sp³-hybridized carbons (Fsp3) is 0.176. The van der Waals surface area contributed by atoms with E-state index in [0.717, 1.165) is 15.7 Å². The normalized spacial score (nSPS) is 12.1. The van der Waals surface area contributed by atoms with Gasteiger partial charge in [0.1, 0.15) is 11.8 Å². The van der Waals surface area contributed by atoms with Crippen molar-refractivity contribution in [2.24, 2.45) is 5.10 Å². The number of phenols is 1. The SMILES string of the molecule is Cc1ccc(NC(C)C(=O)NN=Cc2cc(Br)ccc2O)cc1. The van der Waals surface area contributed by atoms with Crippen molar-refractivity contribution in [3.8, 4) is 5.75 Å². The lowest BCUT2D eigenvalue weighted by Gasteiger charge is -2.13. The van der Waals surface area contributed by atoms with Crippen LogP contribution in [0.25, 0.3) is 0 Å². The number of anilines is 1. The summed E-state index contributed by atoms with van der Waals surface area (Å²) in [5.74, 6) is -0.173. The van der Waals surface area contributed by atoms with E-state index >= 15 is 0 Å². The number of hydrazone groups is 1. The standard InChI is InChI=1S/C17H18BrN3O2/c1-11-3-6-15(7-4-11)20-12(2)17(23)21-19-10-13-9-14(18)5-8-16(13)22/h3-10,12,20,22H,1-2H3,(H,21,23). The first kappa shape index (κ1) is 17.0. The summed E-state index contributed by atoms with van der Waals surface area (Å²) in [5, 5.41) is 16.7. The number of nitrogens with zero attached hydrogens (tertiary/aromatic N) is 1. The number of hydrogen-bond acceptors (Lipinski definition) is 4. The van der Waals surface area contributed by atoms with Crippen LogP contribution in [0.2, 0.25) is 0 Å². The summed E-state index contributed by atoms with van der Waals surface area (Å²) >= 11 is 3.31. The number of nitrogens with one attached hydrogen (secondary N) is 2. The molecule has 2 rings (SSSR count). The molecule has 0 radical (unpaired) electrons. The molecule has 0 bridgehead atoms. The molecule has 1 amide bonds. The molecule has 0 aliphatic heterocycles. The van der Waals surface area contributed by atoms with Crippen molar-refractivity contribution in [1.82, 2.24) is 5.43 Å². The number of rotatable bonds is 5. The molecular formula is C17H18BrN3O2. The molecule has 0 spiro atoms. The van der Waals surface area contributed by atoms with E-state index in [1.807, 2.05) is 31.2 Å². The van der Waals surface area contributed by atoms with E-state index in [0.29, 0.717) is 5.56 Å². The zero-order valence-electron chi connectivity index (χ0n) is 12.9. The van der Waals surface area contributed by atoms with Crippen molar-refractivity contribution < 1.29 is 9.90 Å². The molecular weight excluding hydrogens is 358 g/mol. The zero-order valence-corrected chi connectivity index (χ0v) is 14.5. The highest BCUT2D eigenvalue weighted by molar-refractivity contribution is 9.10. The Morgan fingerprint density at radius 1 is 1.26 bits per heavy atom. The second kappa shape index (κ2) is 7.78. The molecule has 120 valence electrons. The Morgan fingerprint density at radius 3 is 2.65 bits per heavy atom. The van der Waals surface area contributed by atoms with Crippen LogP contribution in [0.3, 0.4) is 0 Å². The average Bonchev–Trinajstić information content (AvgIpc) is 2.52. The van der Waals surface area contributed by atoms with Crippen molar-refractivity contribution in [1.29, 1.82) is 0 Å². The molecule has 2 aromatic carbocycles. The molecule has 6 heteroatoms. The van der Waals surface area contributed by atoms with Crippen LogP contribution >= 0.6 is 15.9 Å². The first-order valence-electron chi connectivity index (χ1n) is 7.10. The van der Waals surface area contributed by atoms with E-state index in [1.165, 1.54) is 6.21 Å². The molecule has 0 heterocycles. The van der Waals surface area contributed by atoms with Gasteiger partial charge in [-0.1, -0.05) is 33.6 Å². The Balaban J connectivity index is 1.92. The fourth-order valence-electron chi connectivity index (χ4n) is 1.86. The molecule has 23 heavy (non-hydrogen) atoms. The fourth-order valence-corrected chi connectivity index (χ4v) is 2.24. The van der Waals surface area contributed by atoms with Crippen LogP contribution in [-0.4, -0.2) is 23.3 Å². The minimum Gasteiger partial charge on any atom is -0.507 e. The number of aromatic hydroxyl groups is 1. The molecule has 0 saturated heterocycles. The van der Waals surface area contributed by atoms with E-state index in [9.17, 15) is 9.90 Å². The van der Waals surface area contributed by atoms with Crippen LogP contribution in [-0.2, 0) is 4.79 Å². The molecule has 0 aromatic heterocycles. The van der Waals surface area contributed by atoms with E-state index < -0.39 is 6.04 Å². The van der Waals surface area contributed by atoms with Gasteiger partial charge in [0, 0.05) is 15.7 Å². The summed E-state index contributed by atoms with van der Waals surface area (Å²) < 4.78 is 0.817. The largest absolute Gasteiger partial charge is 0.507 e. The molecule has 0 aliphatic carbocycles. The molecule has 1 unspecified atom stereocenters. The van der Waals surface area contributed by atoms with Crippen LogP contribution in [0, 0.1) is 6.92 Å². The number of hydrogen-bond donors (Lipinski definition) is 3. The second-order valence-corrected chi connectivity index (χ2v) is 6.09. The van der Waals surface area contributed by atoms with Gasteiger partial charge in [-0.05, 0) is 44.2 Å². The number of carbonyl (C=O) groups is 1. The van der Waals surface area contributed by atoms with E-state index in [1.54, 1.807) is 25.1 Å². The highest BCUT2D eigenvalue weighted by atomic mass is 79.9. The smallest absolute Gasteiger partial charge is 0.262 e. The summed E-state index contributed by atoms with van der Waals surface area (Å²) in [6.07, 6.45) is 1.40. The Bertz CT molecular complexity index is 714. The van der Waals surface area contributed by atoms with Gasteiger partial charge < -0.3 is 10.4 Å². The summed E-state index contributed by atoms with van der Waals surface area (Å²) in [5.41, 5.74) is 4.99. The first-order chi connectivity index (χ1) is 11.0. The molecule has 0 saturated carbocycles. The molecule has 1 atom stereocenters. The van der Waals surface area contributed by atoms with Crippen LogP contribution < -0.4 is 10.7 Å². The second-order valence-electron chi connectivity index (χ2n) is 5.17. The quantitative estimate of drug-likeness (QED) is 0.553. The average molecular weight is 376 g/mol. The summed E-state index contributed by atoms with van der Waals surface area (Å²) in [7, 11) is 0. The Labute approximate surface area is 143 Å². The molecule has 2 aromatic rings. The van der Waals surface area contributed by atoms with E-state index in [-0.39, 0.29) is 11.7 Å². The van der Waals surface area contributed by atoms with Crippen LogP contribution in [0.4, 0.5) is 5.69 Å². The first-order valence-corrected chi connectivity index (χ1v) is 7.89. The van der Waals surface area contributed by atoms with Gasteiger partial charge in [-0.3, -0.25) is 4.79 Å². The Kier molecular flexibility index (Phi) is 5.76. The van der Waals surface area contributed by atoms with Crippen molar-refractivity contribution in [2.75, 3.05) is 5.32 Å².